The molecule has 25 heavy (non-hydrogen) atoms. The van der Waals surface area contributed by atoms with Gasteiger partial charge in [0.2, 0.25) is 0 Å². The van der Waals surface area contributed by atoms with Gasteiger partial charge >= 0.3 is 0 Å². The number of hydrogen-bond donors (Lipinski definition) is 1. The molecule has 4 rings (SSSR count). The number of halogens is 1. The molecule has 1 aliphatic heterocycles. The van der Waals surface area contributed by atoms with Gasteiger partial charge in [0.15, 0.2) is 0 Å². The summed E-state index contributed by atoms with van der Waals surface area (Å²) in [4.78, 5) is 9.49. The zero-order valence-electron chi connectivity index (χ0n) is 13.2. The van der Waals surface area contributed by atoms with Gasteiger partial charge in [-0.05, 0) is 36.2 Å². The van der Waals surface area contributed by atoms with Gasteiger partial charge in [-0.25, -0.2) is 14.3 Å². The smallest absolute Gasteiger partial charge is 0.115 e. The summed E-state index contributed by atoms with van der Waals surface area (Å²) in [6, 6.07) is 8.10. The van der Waals surface area contributed by atoms with Crippen molar-refractivity contribution >= 4 is 23.5 Å². The van der Waals surface area contributed by atoms with Crippen LogP contribution in [-0.2, 0) is 13.0 Å². The lowest BCUT2D eigenvalue weighted by molar-refractivity contribution is 0.324. The first-order valence-electron chi connectivity index (χ1n) is 7.26. The van der Waals surface area contributed by atoms with Crippen LogP contribution in [0.5, 0.6) is 0 Å². The maximum Gasteiger partial charge on any atom is 0.115 e. The fourth-order valence-electron chi connectivity index (χ4n) is 2.72. The molecule has 3 aromatic rings. The molecule has 0 spiro atoms. The van der Waals surface area contributed by atoms with Crippen LogP contribution in [0.4, 0.5) is 0 Å². The summed E-state index contributed by atoms with van der Waals surface area (Å²) in [5, 5.41) is 8.03. The van der Waals surface area contributed by atoms with E-state index in [1.54, 1.807) is 18.3 Å². The molecule has 7 nitrogen and oxygen atoms in total. The minimum Gasteiger partial charge on any atom is -0.412 e. The third-order valence-corrected chi connectivity index (χ3v) is 5.23. The molecular weight excluding hydrogens is 362 g/mol. The Balaban J connectivity index is 0.00000113. The van der Waals surface area contributed by atoms with Crippen LogP contribution >= 0.6 is 23.5 Å². The topological polar surface area (TPSA) is 121 Å². The van der Waals surface area contributed by atoms with Crippen molar-refractivity contribution in [3.63, 3.8) is 0 Å². The van der Waals surface area contributed by atoms with Crippen LogP contribution < -0.4 is 0 Å². The molecule has 2 aromatic heterocycles. The Morgan fingerprint density at radius 1 is 1.08 bits per heavy atom. The standard InChI is InChI=1S/C16H14ClN5S.2H2O/c17-13-1-3-14(4-2-13)23-22-9-12-8-20-21-15(12)5-16(22)11-6-18-10-19-7-11;;/h1-4,6-8,10,16H,5,9H2,(H,20,21);2*1H2. The van der Waals surface area contributed by atoms with Crippen LogP contribution in [0.1, 0.15) is 22.9 Å². The largest absolute Gasteiger partial charge is 0.412 e. The second-order valence-electron chi connectivity index (χ2n) is 5.39. The number of fused-ring (bicyclic) bond motifs is 1. The van der Waals surface area contributed by atoms with E-state index in [1.807, 2.05) is 42.9 Å². The quantitative estimate of drug-likeness (QED) is 0.697. The highest BCUT2D eigenvalue weighted by Gasteiger charge is 2.30. The maximum atomic E-state index is 5.98. The number of H-pyrrole nitrogens is 1. The summed E-state index contributed by atoms with van der Waals surface area (Å²) >= 11 is 7.70. The molecule has 3 heterocycles. The van der Waals surface area contributed by atoms with Gasteiger partial charge in [0.05, 0.1) is 12.2 Å². The van der Waals surface area contributed by atoms with Gasteiger partial charge in [-0.3, -0.25) is 5.10 Å². The molecule has 0 radical (unpaired) electrons. The second-order valence-corrected chi connectivity index (χ2v) is 6.95. The third kappa shape index (κ3) is 4.17. The molecule has 132 valence electrons. The van der Waals surface area contributed by atoms with Crippen LogP contribution in [0.15, 0.2) is 54.1 Å². The fourth-order valence-corrected chi connectivity index (χ4v) is 3.90. The molecule has 9 heteroatoms. The van der Waals surface area contributed by atoms with Crippen LogP contribution in [0.25, 0.3) is 0 Å². The highest BCUT2D eigenvalue weighted by molar-refractivity contribution is 7.97. The number of hydrogen-bond acceptors (Lipinski definition) is 5. The van der Waals surface area contributed by atoms with Crippen molar-refractivity contribution < 1.29 is 11.0 Å². The monoisotopic (exact) mass is 379 g/mol. The van der Waals surface area contributed by atoms with Gasteiger partial charge in [-0.2, -0.15) is 5.10 Å². The molecule has 0 bridgehead atoms. The lowest BCUT2D eigenvalue weighted by atomic mass is 9.99. The fraction of sp³-hybridized carbons (Fsp3) is 0.188. The molecular formula is C16H18ClN5O2S. The highest BCUT2D eigenvalue weighted by Crippen LogP contribution is 2.39. The van der Waals surface area contributed by atoms with Crippen LogP contribution in [-0.4, -0.2) is 35.4 Å². The number of rotatable bonds is 3. The molecule has 1 aliphatic rings. The van der Waals surface area contributed by atoms with E-state index in [9.17, 15) is 0 Å². The van der Waals surface area contributed by atoms with Gasteiger partial charge in [-0.1, -0.05) is 11.6 Å². The maximum absolute atomic E-state index is 5.98. The Morgan fingerprint density at radius 3 is 2.52 bits per heavy atom. The van der Waals surface area contributed by atoms with E-state index in [1.165, 1.54) is 11.3 Å². The molecule has 0 aliphatic carbocycles. The predicted molar refractivity (Wildman–Crippen MR) is 97.1 cm³/mol. The van der Waals surface area contributed by atoms with Gasteiger partial charge in [0.1, 0.15) is 6.33 Å². The first kappa shape index (κ1) is 19.4. The first-order valence-corrected chi connectivity index (χ1v) is 8.41. The normalized spacial score (nSPS) is 16.4. The summed E-state index contributed by atoms with van der Waals surface area (Å²) < 4.78 is 2.35. The van der Waals surface area contributed by atoms with E-state index < -0.39 is 0 Å². The minimum atomic E-state index is 0. The van der Waals surface area contributed by atoms with Crippen molar-refractivity contribution in [2.75, 3.05) is 0 Å². The Hall–Kier alpha value is -1.97. The average molecular weight is 380 g/mol. The SMILES string of the molecule is Clc1ccc(SN2Cc3cn[nH]c3CC2c2cncnc2)cc1.O.O. The molecule has 0 saturated carbocycles. The summed E-state index contributed by atoms with van der Waals surface area (Å²) in [5.41, 5.74) is 3.53. The van der Waals surface area contributed by atoms with Crippen molar-refractivity contribution in [1.82, 2.24) is 24.5 Å². The molecule has 0 amide bonds. The summed E-state index contributed by atoms with van der Waals surface area (Å²) in [6.45, 7) is 0.818. The van der Waals surface area contributed by atoms with Crippen molar-refractivity contribution in [1.29, 1.82) is 0 Å². The van der Waals surface area contributed by atoms with E-state index in [0.29, 0.717) is 0 Å². The molecule has 0 saturated heterocycles. The number of benzene rings is 1. The molecule has 1 aromatic carbocycles. The lowest BCUT2D eigenvalue weighted by Gasteiger charge is -2.34. The Bertz CT molecular complexity index is 800. The molecule has 0 fully saturated rings. The van der Waals surface area contributed by atoms with Gasteiger partial charge in [-0.15, -0.1) is 0 Å². The number of nitrogens with zero attached hydrogens (tertiary/aromatic N) is 4. The van der Waals surface area contributed by atoms with Gasteiger partial charge in [0, 0.05) is 52.1 Å². The van der Waals surface area contributed by atoms with Crippen molar-refractivity contribution in [2.24, 2.45) is 0 Å². The third-order valence-electron chi connectivity index (χ3n) is 3.88. The first-order chi connectivity index (χ1) is 11.3. The zero-order chi connectivity index (χ0) is 15.6. The van der Waals surface area contributed by atoms with E-state index >= 15 is 0 Å². The second kappa shape index (κ2) is 8.41. The molecule has 1 unspecified atom stereocenters. The van der Waals surface area contributed by atoms with E-state index in [2.05, 4.69) is 24.5 Å². The zero-order valence-corrected chi connectivity index (χ0v) is 14.8. The molecule has 1 atom stereocenters. The Labute approximate surface area is 154 Å². The van der Waals surface area contributed by atoms with Gasteiger partial charge < -0.3 is 11.0 Å². The molecule has 5 N–H and O–H groups in total. The summed E-state index contributed by atoms with van der Waals surface area (Å²) in [5.74, 6) is 0. The van der Waals surface area contributed by atoms with Crippen molar-refractivity contribution in [2.45, 2.75) is 23.9 Å². The van der Waals surface area contributed by atoms with Crippen LogP contribution in [0, 0.1) is 0 Å². The summed E-state index contributed by atoms with van der Waals surface area (Å²) in [6.07, 6.45) is 8.10. The van der Waals surface area contributed by atoms with Crippen molar-refractivity contribution in [3.05, 3.63) is 71.0 Å². The number of nitrogens with one attached hydrogen (secondary N) is 1. The lowest BCUT2D eigenvalue weighted by Crippen LogP contribution is -2.29. The van der Waals surface area contributed by atoms with Crippen molar-refractivity contribution in [3.8, 4) is 0 Å². The van der Waals surface area contributed by atoms with E-state index in [4.69, 9.17) is 11.6 Å². The van der Waals surface area contributed by atoms with Crippen LogP contribution in [0.2, 0.25) is 5.02 Å². The predicted octanol–water partition coefficient (Wildman–Crippen LogP) is 2.01. The highest BCUT2D eigenvalue weighted by atomic mass is 35.5. The Morgan fingerprint density at radius 2 is 1.80 bits per heavy atom. The van der Waals surface area contributed by atoms with Gasteiger partial charge in [0.25, 0.3) is 0 Å². The minimum absolute atomic E-state index is 0. The number of aromatic amines is 1. The van der Waals surface area contributed by atoms with E-state index in [-0.39, 0.29) is 17.0 Å². The summed E-state index contributed by atoms with van der Waals surface area (Å²) in [7, 11) is 0. The number of aromatic nitrogens is 4. The van der Waals surface area contributed by atoms with E-state index in [0.717, 1.165) is 28.4 Å². The Kier molecular flexibility index (Phi) is 6.51. The average Bonchev–Trinajstić information content (AvgIpc) is 3.04. The van der Waals surface area contributed by atoms with Crippen LogP contribution in [0.3, 0.4) is 0 Å².